The van der Waals surface area contributed by atoms with E-state index < -0.39 is 0 Å². The fourth-order valence-electron chi connectivity index (χ4n) is 3.91. The van der Waals surface area contributed by atoms with E-state index in [1.807, 2.05) is 35.4 Å². The lowest BCUT2D eigenvalue weighted by Crippen LogP contribution is -2.40. The summed E-state index contributed by atoms with van der Waals surface area (Å²) in [5, 5.41) is 0. The second-order valence-corrected chi connectivity index (χ2v) is 7.22. The average molecular weight is 350 g/mol. The number of likely N-dealkylation sites (N-methyl/N-ethyl adjacent to an activating group) is 1. The summed E-state index contributed by atoms with van der Waals surface area (Å²) in [6, 6.07) is 12.2. The number of pyridine rings is 1. The molecule has 0 fully saturated rings. The predicted molar refractivity (Wildman–Crippen MR) is 104 cm³/mol. The van der Waals surface area contributed by atoms with E-state index >= 15 is 0 Å². The van der Waals surface area contributed by atoms with Crippen molar-refractivity contribution in [2.45, 2.75) is 12.8 Å². The highest BCUT2D eigenvalue weighted by molar-refractivity contribution is 6.01. The number of hydrogen-bond acceptors (Lipinski definition) is 4. The van der Waals surface area contributed by atoms with Crippen molar-refractivity contribution in [3.05, 3.63) is 59.4 Å². The maximum atomic E-state index is 13.0. The summed E-state index contributed by atoms with van der Waals surface area (Å²) >= 11 is 0. The third kappa shape index (κ3) is 3.44. The van der Waals surface area contributed by atoms with Crippen LogP contribution in [-0.4, -0.2) is 67.0 Å². The van der Waals surface area contributed by atoms with E-state index in [0.717, 1.165) is 63.4 Å². The molecule has 0 saturated heterocycles. The molecule has 2 aliphatic heterocycles. The zero-order valence-electron chi connectivity index (χ0n) is 15.4. The molecule has 0 spiro atoms. The summed E-state index contributed by atoms with van der Waals surface area (Å²) in [5.41, 5.74) is 4.51. The summed E-state index contributed by atoms with van der Waals surface area (Å²) < 4.78 is 0. The van der Waals surface area contributed by atoms with E-state index in [-0.39, 0.29) is 5.91 Å². The van der Waals surface area contributed by atoms with Crippen molar-refractivity contribution in [1.82, 2.24) is 14.8 Å². The average Bonchev–Trinajstić information content (AvgIpc) is 3.04. The van der Waals surface area contributed by atoms with Crippen LogP contribution in [0.25, 0.3) is 0 Å². The van der Waals surface area contributed by atoms with Crippen LogP contribution in [0.15, 0.2) is 42.6 Å². The van der Waals surface area contributed by atoms with Crippen LogP contribution in [0.2, 0.25) is 0 Å². The summed E-state index contributed by atoms with van der Waals surface area (Å²) in [5.74, 6) is 0.185. The number of amides is 1. The molecule has 0 N–H and O–H groups in total. The first kappa shape index (κ1) is 17.0. The molecular weight excluding hydrogens is 324 g/mol. The quantitative estimate of drug-likeness (QED) is 0.800. The molecule has 0 unspecified atom stereocenters. The Bertz CT molecular complexity index is 777. The molecule has 0 atom stereocenters. The van der Waals surface area contributed by atoms with Gasteiger partial charge in [-0.2, -0.15) is 0 Å². The van der Waals surface area contributed by atoms with E-state index in [0.29, 0.717) is 0 Å². The molecule has 0 bridgehead atoms. The van der Waals surface area contributed by atoms with Crippen molar-refractivity contribution in [3.8, 4) is 0 Å². The molecular formula is C21H26N4O. The minimum atomic E-state index is 0.185. The minimum absolute atomic E-state index is 0.185. The van der Waals surface area contributed by atoms with Crippen molar-refractivity contribution < 1.29 is 4.79 Å². The molecule has 2 aromatic rings. The predicted octanol–water partition coefficient (Wildman–Crippen LogP) is 2.07. The van der Waals surface area contributed by atoms with Crippen molar-refractivity contribution in [3.63, 3.8) is 0 Å². The number of anilines is 1. The summed E-state index contributed by atoms with van der Waals surface area (Å²) in [4.78, 5) is 24.1. The van der Waals surface area contributed by atoms with Crippen molar-refractivity contribution in [2.75, 3.05) is 51.2 Å². The molecule has 2 aliphatic rings. The summed E-state index contributed by atoms with van der Waals surface area (Å²) in [6.07, 6.45) is 3.84. The maximum Gasteiger partial charge on any atom is 0.256 e. The van der Waals surface area contributed by atoms with E-state index in [1.165, 1.54) is 11.3 Å². The van der Waals surface area contributed by atoms with Gasteiger partial charge in [0.2, 0.25) is 0 Å². The highest BCUT2D eigenvalue weighted by Crippen LogP contribution is 2.34. The third-order valence-electron chi connectivity index (χ3n) is 5.47. The Balaban J connectivity index is 1.36. The van der Waals surface area contributed by atoms with Gasteiger partial charge in [-0.1, -0.05) is 18.2 Å². The van der Waals surface area contributed by atoms with Gasteiger partial charge >= 0.3 is 0 Å². The maximum absolute atomic E-state index is 13.0. The number of nitrogens with zero attached hydrogens (tertiary/aromatic N) is 4. The first-order valence-electron chi connectivity index (χ1n) is 9.47. The second-order valence-electron chi connectivity index (χ2n) is 7.22. The zero-order chi connectivity index (χ0) is 17.9. The SMILES string of the molecule is CN(CCc1ccccn1)CCN1CCN2CCc3cccc(c32)C1=O. The first-order valence-corrected chi connectivity index (χ1v) is 9.47. The lowest BCUT2D eigenvalue weighted by Gasteiger charge is -2.25. The van der Waals surface area contributed by atoms with Gasteiger partial charge in [0.25, 0.3) is 5.91 Å². The summed E-state index contributed by atoms with van der Waals surface area (Å²) in [6.45, 7) is 5.39. The molecule has 1 amide bonds. The van der Waals surface area contributed by atoms with E-state index in [2.05, 4.69) is 34.0 Å². The van der Waals surface area contributed by atoms with Gasteiger partial charge in [0.1, 0.15) is 0 Å². The van der Waals surface area contributed by atoms with Crippen LogP contribution >= 0.6 is 0 Å². The van der Waals surface area contributed by atoms with Gasteiger partial charge in [0.05, 0.1) is 11.3 Å². The normalized spacial score (nSPS) is 16.2. The van der Waals surface area contributed by atoms with Crippen LogP contribution < -0.4 is 4.90 Å². The lowest BCUT2D eigenvalue weighted by atomic mass is 10.1. The van der Waals surface area contributed by atoms with E-state index in [1.54, 1.807) is 0 Å². The molecule has 26 heavy (non-hydrogen) atoms. The fraction of sp³-hybridized carbons (Fsp3) is 0.429. The van der Waals surface area contributed by atoms with Crippen LogP contribution in [-0.2, 0) is 12.8 Å². The van der Waals surface area contributed by atoms with Gasteiger partial charge < -0.3 is 14.7 Å². The molecule has 5 heteroatoms. The first-order chi connectivity index (χ1) is 12.7. The van der Waals surface area contributed by atoms with Crippen LogP contribution in [0.4, 0.5) is 5.69 Å². The molecule has 4 rings (SSSR count). The molecule has 0 radical (unpaired) electrons. The third-order valence-corrected chi connectivity index (χ3v) is 5.47. The van der Waals surface area contributed by atoms with E-state index in [9.17, 15) is 4.79 Å². The largest absolute Gasteiger partial charge is 0.369 e. The van der Waals surface area contributed by atoms with Crippen LogP contribution in [0.3, 0.4) is 0 Å². The molecule has 0 saturated carbocycles. The monoisotopic (exact) mass is 350 g/mol. The number of benzene rings is 1. The van der Waals surface area contributed by atoms with Gasteiger partial charge in [0, 0.05) is 57.6 Å². The number of hydrogen-bond donors (Lipinski definition) is 0. The highest BCUT2D eigenvalue weighted by Gasteiger charge is 2.30. The number of carbonyl (C=O) groups excluding carboxylic acids is 1. The molecule has 1 aromatic carbocycles. The fourth-order valence-corrected chi connectivity index (χ4v) is 3.91. The molecule has 1 aromatic heterocycles. The van der Waals surface area contributed by atoms with Gasteiger partial charge in [-0.05, 0) is 37.2 Å². The standard InChI is InChI=1S/C21H26N4O/c1-23(11-9-18-6-2-3-10-22-18)13-14-25-16-15-24-12-8-17-5-4-7-19(20(17)24)21(25)26/h2-7,10H,8-9,11-16H2,1H3. The Kier molecular flexibility index (Phi) is 4.89. The smallest absolute Gasteiger partial charge is 0.256 e. The number of carbonyl (C=O) groups is 1. The molecule has 136 valence electrons. The van der Waals surface area contributed by atoms with Gasteiger partial charge in [0.15, 0.2) is 0 Å². The minimum Gasteiger partial charge on any atom is -0.369 e. The van der Waals surface area contributed by atoms with Gasteiger partial charge in [-0.25, -0.2) is 0 Å². The Morgan fingerprint density at radius 3 is 2.85 bits per heavy atom. The Morgan fingerprint density at radius 1 is 1.08 bits per heavy atom. The van der Waals surface area contributed by atoms with Crippen molar-refractivity contribution in [2.24, 2.45) is 0 Å². The highest BCUT2D eigenvalue weighted by atomic mass is 16.2. The van der Waals surface area contributed by atoms with Crippen LogP contribution in [0.5, 0.6) is 0 Å². The summed E-state index contributed by atoms with van der Waals surface area (Å²) in [7, 11) is 2.12. The van der Waals surface area contributed by atoms with Gasteiger partial charge in [-0.15, -0.1) is 0 Å². The lowest BCUT2D eigenvalue weighted by molar-refractivity contribution is 0.0752. The Labute approximate surface area is 155 Å². The zero-order valence-corrected chi connectivity index (χ0v) is 15.4. The topological polar surface area (TPSA) is 39.7 Å². The van der Waals surface area contributed by atoms with Crippen LogP contribution in [0.1, 0.15) is 21.6 Å². The van der Waals surface area contributed by atoms with Crippen molar-refractivity contribution >= 4 is 11.6 Å². The Hall–Kier alpha value is -2.40. The number of para-hydroxylation sites is 1. The molecule has 0 aliphatic carbocycles. The molecule has 5 nitrogen and oxygen atoms in total. The Morgan fingerprint density at radius 2 is 2.00 bits per heavy atom. The van der Waals surface area contributed by atoms with Crippen molar-refractivity contribution in [1.29, 1.82) is 0 Å². The second kappa shape index (κ2) is 7.46. The molecule has 3 heterocycles. The van der Waals surface area contributed by atoms with E-state index in [4.69, 9.17) is 0 Å². The van der Waals surface area contributed by atoms with Crippen LogP contribution in [0, 0.1) is 0 Å². The van der Waals surface area contributed by atoms with Gasteiger partial charge in [-0.3, -0.25) is 9.78 Å². The number of rotatable bonds is 6. The number of aromatic nitrogens is 1.